The second-order valence-corrected chi connectivity index (χ2v) is 8.27. The molecule has 1 atom stereocenters. The summed E-state index contributed by atoms with van der Waals surface area (Å²) in [6, 6.07) is 15.9. The number of thioether (sulfide) groups is 1. The molecule has 3 rings (SSSR count). The first-order chi connectivity index (χ1) is 13.2. The van der Waals surface area contributed by atoms with E-state index in [2.05, 4.69) is 39.8 Å². The van der Waals surface area contributed by atoms with Gasteiger partial charge in [0.15, 0.2) is 0 Å². The molecule has 144 valence electrons. The zero-order chi connectivity index (χ0) is 19.1. The van der Waals surface area contributed by atoms with Gasteiger partial charge in [-0.15, -0.1) is 0 Å². The van der Waals surface area contributed by atoms with Gasteiger partial charge in [-0.25, -0.2) is 4.79 Å². The molecule has 1 saturated heterocycles. The van der Waals surface area contributed by atoms with Gasteiger partial charge in [-0.05, 0) is 41.8 Å². The maximum absolute atomic E-state index is 12.3. The Morgan fingerprint density at radius 2 is 1.93 bits per heavy atom. The van der Waals surface area contributed by atoms with E-state index in [1.165, 1.54) is 17.2 Å². The van der Waals surface area contributed by atoms with Crippen LogP contribution in [-0.4, -0.2) is 30.6 Å². The van der Waals surface area contributed by atoms with Gasteiger partial charge in [0.1, 0.15) is 0 Å². The molecule has 1 heterocycles. The molecule has 0 radical (unpaired) electrons. The van der Waals surface area contributed by atoms with E-state index in [0.717, 1.165) is 30.6 Å². The van der Waals surface area contributed by atoms with Gasteiger partial charge in [-0.1, -0.05) is 42.8 Å². The Morgan fingerprint density at radius 3 is 2.59 bits per heavy atom. The zero-order valence-electron chi connectivity index (χ0n) is 15.6. The van der Waals surface area contributed by atoms with Crippen LogP contribution in [0.4, 0.5) is 10.5 Å². The molecule has 4 nitrogen and oxygen atoms in total. The Kier molecular flexibility index (Phi) is 7.30. The lowest BCUT2D eigenvalue weighted by Crippen LogP contribution is -2.37. The first-order valence-corrected chi connectivity index (χ1v) is 10.9. The van der Waals surface area contributed by atoms with Gasteiger partial charge in [0.05, 0.1) is 6.04 Å². The fraction of sp³-hybridized carbons (Fsp3) is 0.381. The normalized spacial score (nSPS) is 15.3. The number of benzene rings is 2. The van der Waals surface area contributed by atoms with E-state index in [1.807, 2.05) is 43.0 Å². The van der Waals surface area contributed by atoms with Crippen LogP contribution in [0, 0.1) is 0 Å². The summed E-state index contributed by atoms with van der Waals surface area (Å²) in [5.74, 6) is 2.38. The molecule has 2 N–H and O–H groups in total. The van der Waals surface area contributed by atoms with Crippen LogP contribution in [0.2, 0.25) is 5.02 Å². The molecule has 2 aromatic carbocycles. The number of hydrogen-bond donors (Lipinski definition) is 2. The van der Waals surface area contributed by atoms with Crippen LogP contribution < -0.4 is 15.5 Å². The first kappa shape index (κ1) is 19.9. The zero-order valence-corrected chi connectivity index (χ0v) is 17.2. The van der Waals surface area contributed by atoms with Crippen molar-refractivity contribution in [3.8, 4) is 0 Å². The predicted molar refractivity (Wildman–Crippen MR) is 116 cm³/mol. The Morgan fingerprint density at radius 1 is 1.19 bits per heavy atom. The fourth-order valence-corrected chi connectivity index (χ4v) is 4.28. The molecule has 0 aliphatic carbocycles. The molecular formula is C21H26ClN3OS. The molecule has 1 aliphatic rings. The molecule has 2 aromatic rings. The first-order valence-electron chi connectivity index (χ1n) is 9.37. The molecule has 6 heteroatoms. The van der Waals surface area contributed by atoms with E-state index in [4.69, 9.17) is 11.6 Å². The van der Waals surface area contributed by atoms with E-state index in [9.17, 15) is 4.79 Å². The molecule has 0 spiro atoms. The summed E-state index contributed by atoms with van der Waals surface area (Å²) in [5, 5.41) is 6.65. The predicted octanol–water partition coefficient (Wildman–Crippen LogP) is 4.84. The summed E-state index contributed by atoms with van der Waals surface area (Å²) < 4.78 is 0. The lowest BCUT2D eigenvalue weighted by molar-refractivity contribution is 0.236. The Bertz CT molecular complexity index is 747. The second-order valence-electron chi connectivity index (χ2n) is 6.61. The fourth-order valence-electron chi connectivity index (χ4n) is 3.18. The quantitative estimate of drug-likeness (QED) is 0.725. The maximum atomic E-state index is 12.3. The number of halogens is 1. The van der Waals surface area contributed by atoms with Gasteiger partial charge >= 0.3 is 6.03 Å². The van der Waals surface area contributed by atoms with Crippen molar-refractivity contribution in [2.75, 3.05) is 29.5 Å². The standard InChI is InChI=1S/C21H26ClN3OS/c1-2-20(17-4-3-5-18(22)14-17)24-21(26)23-15-16-6-8-19(9-7-16)25-10-12-27-13-11-25/h3-9,14,20H,2,10-13,15H2,1H3,(H2,23,24,26). The van der Waals surface area contributed by atoms with Gasteiger partial charge in [0.25, 0.3) is 0 Å². The van der Waals surface area contributed by atoms with Crippen LogP contribution >= 0.6 is 23.4 Å². The second kappa shape index (κ2) is 9.90. The number of anilines is 1. The van der Waals surface area contributed by atoms with Crippen molar-refractivity contribution in [1.82, 2.24) is 10.6 Å². The van der Waals surface area contributed by atoms with Crippen LogP contribution in [0.5, 0.6) is 0 Å². The number of urea groups is 1. The van der Waals surface area contributed by atoms with E-state index in [1.54, 1.807) is 0 Å². The smallest absolute Gasteiger partial charge is 0.315 e. The Hall–Kier alpha value is -1.85. The highest BCUT2D eigenvalue weighted by Gasteiger charge is 2.13. The van der Waals surface area contributed by atoms with Gasteiger partial charge in [-0.2, -0.15) is 11.8 Å². The van der Waals surface area contributed by atoms with Gasteiger partial charge in [0.2, 0.25) is 0 Å². The molecule has 27 heavy (non-hydrogen) atoms. The maximum Gasteiger partial charge on any atom is 0.315 e. The summed E-state index contributed by atoms with van der Waals surface area (Å²) in [4.78, 5) is 14.7. The third-order valence-electron chi connectivity index (χ3n) is 4.73. The highest BCUT2D eigenvalue weighted by molar-refractivity contribution is 7.99. The SMILES string of the molecule is CCC(NC(=O)NCc1ccc(N2CCSCC2)cc1)c1cccc(Cl)c1. The molecule has 1 fully saturated rings. The number of hydrogen-bond acceptors (Lipinski definition) is 3. The summed E-state index contributed by atoms with van der Waals surface area (Å²) in [6.07, 6.45) is 0.802. The van der Waals surface area contributed by atoms with Crippen LogP contribution in [-0.2, 0) is 6.54 Å². The monoisotopic (exact) mass is 403 g/mol. The molecule has 1 aliphatic heterocycles. The van der Waals surface area contributed by atoms with Gasteiger partial charge in [-0.3, -0.25) is 0 Å². The summed E-state index contributed by atoms with van der Waals surface area (Å²) >= 11 is 8.07. The van der Waals surface area contributed by atoms with Crippen LogP contribution in [0.15, 0.2) is 48.5 Å². The third-order valence-corrected chi connectivity index (χ3v) is 5.91. The molecule has 0 bridgehead atoms. The summed E-state index contributed by atoms with van der Waals surface area (Å²) in [5.41, 5.74) is 3.37. The van der Waals surface area contributed by atoms with Crippen LogP contribution in [0.3, 0.4) is 0 Å². The van der Waals surface area contributed by atoms with Crippen molar-refractivity contribution in [3.63, 3.8) is 0 Å². The van der Waals surface area contributed by atoms with Crippen LogP contribution in [0.1, 0.15) is 30.5 Å². The lowest BCUT2D eigenvalue weighted by atomic mass is 10.1. The van der Waals surface area contributed by atoms with E-state index in [-0.39, 0.29) is 12.1 Å². The number of nitrogens with zero attached hydrogens (tertiary/aromatic N) is 1. The average Bonchev–Trinajstić information content (AvgIpc) is 2.71. The lowest BCUT2D eigenvalue weighted by Gasteiger charge is -2.28. The van der Waals surface area contributed by atoms with Crippen molar-refractivity contribution >= 4 is 35.1 Å². The molecule has 0 saturated carbocycles. The molecule has 0 aromatic heterocycles. The minimum atomic E-state index is -0.168. The number of amides is 2. The number of rotatable bonds is 6. The van der Waals surface area contributed by atoms with Gasteiger partial charge in [0, 0.05) is 41.8 Å². The number of carbonyl (C=O) groups is 1. The van der Waals surface area contributed by atoms with Crippen molar-refractivity contribution in [2.24, 2.45) is 0 Å². The number of carbonyl (C=O) groups excluding carboxylic acids is 1. The largest absolute Gasteiger partial charge is 0.370 e. The van der Waals surface area contributed by atoms with E-state index < -0.39 is 0 Å². The minimum absolute atomic E-state index is 0.0527. The van der Waals surface area contributed by atoms with Gasteiger partial charge < -0.3 is 15.5 Å². The Labute approximate surface area is 170 Å². The Balaban J connectivity index is 1.50. The summed E-state index contributed by atoms with van der Waals surface area (Å²) in [6.45, 7) is 4.76. The molecular weight excluding hydrogens is 378 g/mol. The highest BCUT2D eigenvalue weighted by Crippen LogP contribution is 2.21. The third kappa shape index (κ3) is 5.81. The summed E-state index contributed by atoms with van der Waals surface area (Å²) in [7, 11) is 0. The van der Waals surface area contributed by atoms with Crippen molar-refractivity contribution in [3.05, 3.63) is 64.7 Å². The van der Waals surface area contributed by atoms with E-state index >= 15 is 0 Å². The minimum Gasteiger partial charge on any atom is -0.370 e. The van der Waals surface area contributed by atoms with Crippen molar-refractivity contribution in [2.45, 2.75) is 25.9 Å². The van der Waals surface area contributed by atoms with Crippen molar-refractivity contribution in [1.29, 1.82) is 0 Å². The molecule has 2 amide bonds. The number of nitrogens with one attached hydrogen (secondary N) is 2. The average molecular weight is 404 g/mol. The van der Waals surface area contributed by atoms with Crippen molar-refractivity contribution < 1.29 is 4.79 Å². The van der Waals surface area contributed by atoms with Crippen LogP contribution in [0.25, 0.3) is 0 Å². The molecule has 1 unspecified atom stereocenters. The highest BCUT2D eigenvalue weighted by atomic mass is 35.5. The van der Waals surface area contributed by atoms with E-state index in [0.29, 0.717) is 11.6 Å². The topological polar surface area (TPSA) is 44.4 Å².